The zero-order chi connectivity index (χ0) is 8.32. The Morgan fingerprint density at radius 2 is 2.36 bits per heavy atom. The van der Waals surface area contributed by atoms with Gasteiger partial charge in [0, 0.05) is 12.6 Å². The largest absolute Gasteiger partial charge is 0.285 e. The minimum atomic E-state index is -2.57. The number of halogens is 2. The Morgan fingerprint density at radius 3 is 2.82 bits per heavy atom. The summed E-state index contributed by atoms with van der Waals surface area (Å²) in [6.07, 6.45) is 3.45. The van der Waals surface area contributed by atoms with Gasteiger partial charge in [-0.25, -0.2) is 8.78 Å². The van der Waals surface area contributed by atoms with Crippen molar-refractivity contribution in [3.63, 3.8) is 0 Å². The summed E-state index contributed by atoms with van der Waals surface area (Å²) in [5.41, 5.74) is 0.825. The van der Waals surface area contributed by atoms with Crippen LogP contribution in [0.15, 0.2) is 12.4 Å². The molecule has 0 aromatic carbocycles. The fraction of sp³-hybridized carbons (Fsp3) is 0.571. The molecular weight excluding hydrogens is 150 g/mol. The summed E-state index contributed by atoms with van der Waals surface area (Å²) < 4.78 is 24.6. The van der Waals surface area contributed by atoms with Crippen molar-refractivity contribution in [3.05, 3.63) is 18.0 Å². The van der Waals surface area contributed by atoms with E-state index in [2.05, 4.69) is 10.2 Å². The van der Waals surface area contributed by atoms with Crippen LogP contribution in [0.25, 0.3) is 0 Å². The van der Waals surface area contributed by atoms with Gasteiger partial charge >= 0.3 is 0 Å². The number of aromatic amines is 1. The minimum Gasteiger partial charge on any atom is -0.285 e. The van der Waals surface area contributed by atoms with Crippen LogP contribution in [-0.4, -0.2) is 16.1 Å². The summed E-state index contributed by atoms with van der Waals surface area (Å²) >= 11 is 0. The first-order valence-corrected chi connectivity index (χ1v) is 3.43. The average Bonchev–Trinajstić information content (AvgIpc) is 2.32. The van der Waals surface area contributed by atoms with Gasteiger partial charge in [0.1, 0.15) is 0 Å². The van der Waals surface area contributed by atoms with E-state index in [4.69, 9.17) is 0 Å². The lowest BCUT2D eigenvalue weighted by atomic mass is 10.1. The number of aromatic nitrogens is 2. The lowest BCUT2D eigenvalue weighted by molar-refractivity contribution is 0.0133. The maximum atomic E-state index is 12.3. The predicted molar refractivity (Wildman–Crippen MR) is 37.5 cm³/mol. The van der Waals surface area contributed by atoms with Crippen molar-refractivity contribution in [2.75, 3.05) is 0 Å². The summed E-state index contributed by atoms with van der Waals surface area (Å²) in [6.45, 7) is 0.924. The predicted octanol–water partition coefficient (Wildman–Crippen LogP) is 2.00. The van der Waals surface area contributed by atoms with Crippen LogP contribution in [0, 0.1) is 0 Å². The highest BCUT2D eigenvalue weighted by Crippen LogP contribution is 2.18. The van der Waals surface area contributed by atoms with Crippen LogP contribution in [0.2, 0.25) is 0 Å². The normalized spacial score (nSPS) is 11.9. The van der Waals surface area contributed by atoms with E-state index >= 15 is 0 Å². The number of nitrogens with one attached hydrogen (secondary N) is 1. The molecule has 0 radical (unpaired) electrons. The monoisotopic (exact) mass is 160 g/mol. The molecule has 0 spiro atoms. The molecule has 1 aromatic heterocycles. The lowest BCUT2D eigenvalue weighted by Gasteiger charge is -2.07. The summed E-state index contributed by atoms with van der Waals surface area (Å²) in [4.78, 5) is 0. The molecule has 1 rings (SSSR count). The summed E-state index contributed by atoms with van der Waals surface area (Å²) in [5.74, 6) is -2.57. The molecule has 0 aliphatic carbocycles. The second kappa shape index (κ2) is 2.98. The number of hydrogen-bond donors (Lipinski definition) is 1. The van der Waals surface area contributed by atoms with Gasteiger partial charge in [-0.2, -0.15) is 5.10 Å². The molecule has 4 heteroatoms. The van der Waals surface area contributed by atoms with Gasteiger partial charge < -0.3 is 0 Å². The quantitative estimate of drug-likeness (QED) is 0.719. The molecule has 0 saturated heterocycles. The van der Waals surface area contributed by atoms with Crippen molar-refractivity contribution in [1.29, 1.82) is 0 Å². The lowest BCUT2D eigenvalue weighted by Crippen LogP contribution is -2.10. The topological polar surface area (TPSA) is 28.7 Å². The van der Waals surface area contributed by atoms with Crippen molar-refractivity contribution in [2.24, 2.45) is 0 Å². The first-order chi connectivity index (χ1) is 5.08. The minimum absolute atomic E-state index is 0.119. The van der Waals surface area contributed by atoms with E-state index < -0.39 is 5.92 Å². The Hall–Kier alpha value is -0.930. The standard InChI is InChI=1S/C7H10F2N2/c1-7(8,9)3-2-6-4-10-11-5-6/h4-5H,2-3H2,1H3,(H,10,11). The van der Waals surface area contributed by atoms with Crippen LogP contribution in [0.1, 0.15) is 18.9 Å². The molecule has 0 saturated carbocycles. The highest BCUT2D eigenvalue weighted by molar-refractivity contribution is 5.02. The molecule has 0 amide bonds. The van der Waals surface area contributed by atoms with Gasteiger partial charge in [-0.1, -0.05) is 0 Å². The molecule has 0 unspecified atom stereocenters. The first kappa shape index (κ1) is 8.17. The first-order valence-electron chi connectivity index (χ1n) is 3.43. The van der Waals surface area contributed by atoms with Crippen LogP contribution in [0.5, 0.6) is 0 Å². The van der Waals surface area contributed by atoms with E-state index in [1.807, 2.05) is 0 Å². The van der Waals surface area contributed by atoms with Crippen LogP contribution in [-0.2, 0) is 6.42 Å². The molecule has 0 atom stereocenters. The molecule has 0 aliphatic rings. The fourth-order valence-electron chi connectivity index (χ4n) is 0.778. The molecule has 0 aliphatic heterocycles. The highest BCUT2D eigenvalue weighted by atomic mass is 19.3. The van der Waals surface area contributed by atoms with E-state index in [1.165, 1.54) is 0 Å². The van der Waals surface area contributed by atoms with Gasteiger partial charge in [-0.05, 0) is 18.9 Å². The van der Waals surface area contributed by atoms with Crippen molar-refractivity contribution < 1.29 is 8.78 Å². The van der Waals surface area contributed by atoms with Crippen LogP contribution in [0.3, 0.4) is 0 Å². The van der Waals surface area contributed by atoms with Gasteiger partial charge in [-0.15, -0.1) is 0 Å². The van der Waals surface area contributed by atoms with Crippen molar-refractivity contribution in [1.82, 2.24) is 10.2 Å². The third-order valence-corrected chi connectivity index (χ3v) is 1.41. The van der Waals surface area contributed by atoms with Gasteiger partial charge in [0.25, 0.3) is 0 Å². The number of alkyl halides is 2. The van der Waals surface area contributed by atoms with E-state index in [0.29, 0.717) is 6.42 Å². The Morgan fingerprint density at radius 1 is 1.64 bits per heavy atom. The third kappa shape index (κ3) is 3.11. The van der Waals surface area contributed by atoms with Crippen LogP contribution >= 0.6 is 0 Å². The van der Waals surface area contributed by atoms with E-state index in [0.717, 1.165) is 12.5 Å². The van der Waals surface area contributed by atoms with Crippen molar-refractivity contribution in [2.45, 2.75) is 25.7 Å². The molecule has 1 N–H and O–H groups in total. The Labute approximate surface area is 63.6 Å². The molecule has 1 aromatic rings. The van der Waals surface area contributed by atoms with Crippen LogP contribution < -0.4 is 0 Å². The summed E-state index contributed by atoms with van der Waals surface area (Å²) in [7, 11) is 0. The van der Waals surface area contributed by atoms with Gasteiger partial charge in [0.15, 0.2) is 0 Å². The highest BCUT2D eigenvalue weighted by Gasteiger charge is 2.20. The summed E-state index contributed by atoms with van der Waals surface area (Å²) in [5, 5.41) is 6.22. The van der Waals surface area contributed by atoms with E-state index in [1.54, 1.807) is 12.4 Å². The fourth-order valence-corrected chi connectivity index (χ4v) is 0.778. The second-order valence-corrected chi connectivity index (χ2v) is 2.68. The number of rotatable bonds is 3. The Kier molecular flexibility index (Phi) is 2.22. The third-order valence-electron chi connectivity index (χ3n) is 1.41. The van der Waals surface area contributed by atoms with E-state index in [9.17, 15) is 8.78 Å². The van der Waals surface area contributed by atoms with Crippen molar-refractivity contribution >= 4 is 0 Å². The molecule has 2 nitrogen and oxygen atoms in total. The zero-order valence-corrected chi connectivity index (χ0v) is 6.27. The molecular formula is C7H10F2N2. The van der Waals surface area contributed by atoms with Crippen molar-refractivity contribution in [3.8, 4) is 0 Å². The Balaban J connectivity index is 2.35. The van der Waals surface area contributed by atoms with Crippen LogP contribution in [0.4, 0.5) is 8.78 Å². The second-order valence-electron chi connectivity index (χ2n) is 2.68. The average molecular weight is 160 g/mol. The number of hydrogen-bond acceptors (Lipinski definition) is 1. The zero-order valence-electron chi connectivity index (χ0n) is 6.27. The summed E-state index contributed by atoms with van der Waals surface area (Å²) in [6, 6.07) is 0. The molecule has 11 heavy (non-hydrogen) atoms. The van der Waals surface area contributed by atoms with Gasteiger partial charge in [0.2, 0.25) is 5.92 Å². The van der Waals surface area contributed by atoms with Gasteiger partial charge in [-0.3, -0.25) is 5.10 Å². The maximum absolute atomic E-state index is 12.3. The molecule has 0 fully saturated rings. The number of nitrogens with zero attached hydrogens (tertiary/aromatic N) is 1. The SMILES string of the molecule is CC(F)(F)CCc1cn[nH]c1. The van der Waals surface area contributed by atoms with E-state index in [-0.39, 0.29) is 6.42 Å². The number of aryl methyl sites for hydroxylation is 1. The molecule has 0 bridgehead atoms. The smallest absolute Gasteiger partial charge is 0.245 e. The van der Waals surface area contributed by atoms with Gasteiger partial charge in [0.05, 0.1) is 6.20 Å². The molecule has 1 heterocycles. The number of H-pyrrole nitrogens is 1. The Bertz CT molecular complexity index is 201. The maximum Gasteiger partial charge on any atom is 0.245 e. The molecule has 62 valence electrons.